The summed E-state index contributed by atoms with van der Waals surface area (Å²) in [5, 5.41) is 2.90. The first-order valence-electron chi connectivity index (χ1n) is 3.93. The van der Waals surface area contributed by atoms with Crippen LogP contribution in [0.1, 0.15) is 10.5 Å². The Morgan fingerprint density at radius 2 is 2.36 bits per heavy atom. The maximum Gasteiger partial charge on any atom is 0.270 e. The summed E-state index contributed by atoms with van der Waals surface area (Å²) in [5.74, 6) is -0.0125. The second-order valence-corrected chi connectivity index (χ2v) is 3.18. The standard InChI is InChI=1S/C9H10ClN3O/c1-6(10)5-12-9(14)7-3-2-4-8(11)13-7/h2-4H,1,5H2,(H2,11,13)(H,12,14). The monoisotopic (exact) mass is 211 g/mol. The van der Waals surface area contributed by atoms with E-state index in [1.807, 2.05) is 0 Å². The summed E-state index contributed by atoms with van der Waals surface area (Å²) < 4.78 is 0. The van der Waals surface area contributed by atoms with Gasteiger partial charge in [0.15, 0.2) is 0 Å². The molecule has 1 rings (SSSR count). The number of nitrogens with zero attached hydrogens (tertiary/aromatic N) is 1. The molecule has 0 radical (unpaired) electrons. The smallest absolute Gasteiger partial charge is 0.270 e. The number of nitrogens with one attached hydrogen (secondary N) is 1. The highest BCUT2D eigenvalue weighted by molar-refractivity contribution is 6.29. The van der Waals surface area contributed by atoms with E-state index < -0.39 is 0 Å². The number of nitrogens with two attached hydrogens (primary N) is 1. The van der Waals surface area contributed by atoms with E-state index in [-0.39, 0.29) is 18.1 Å². The van der Waals surface area contributed by atoms with Gasteiger partial charge in [0, 0.05) is 5.03 Å². The van der Waals surface area contributed by atoms with Gasteiger partial charge in [-0.25, -0.2) is 4.98 Å². The van der Waals surface area contributed by atoms with Crippen molar-refractivity contribution >= 4 is 23.3 Å². The Morgan fingerprint density at radius 3 is 2.93 bits per heavy atom. The highest BCUT2D eigenvalue weighted by Crippen LogP contribution is 2.00. The van der Waals surface area contributed by atoms with E-state index in [2.05, 4.69) is 16.9 Å². The molecule has 74 valence electrons. The minimum absolute atomic E-state index is 0.219. The molecule has 0 atom stereocenters. The molecular weight excluding hydrogens is 202 g/mol. The lowest BCUT2D eigenvalue weighted by Gasteiger charge is -2.03. The summed E-state index contributed by atoms with van der Waals surface area (Å²) in [6, 6.07) is 4.84. The molecule has 1 aromatic heterocycles. The Kier molecular flexibility index (Phi) is 3.48. The van der Waals surface area contributed by atoms with Gasteiger partial charge < -0.3 is 11.1 Å². The SMILES string of the molecule is C=C(Cl)CNC(=O)c1cccc(N)n1. The molecule has 0 saturated heterocycles. The topological polar surface area (TPSA) is 68.0 Å². The maximum atomic E-state index is 11.4. The second-order valence-electron chi connectivity index (χ2n) is 2.65. The number of halogens is 1. The van der Waals surface area contributed by atoms with Crippen molar-refractivity contribution in [2.24, 2.45) is 0 Å². The molecule has 1 aromatic rings. The summed E-state index contributed by atoms with van der Waals surface area (Å²) in [6.07, 6.45) is 0. The lowest BCUT2D eigenvalue weighted by atomic mass is 10.3. The van der Waals surface area contributed by atoms with Crippen LogP contribution < -0.4 is 11.1 Å². The molecule has 0 spiro atoms. The molecule has 14 heavy (non-hydrogen) atoms. The molecule has 0 saturated carbocycles. The summed E-state index contributed by atoms with van der Waals surface area (Å²) in [6.45, 7) is 3.66. The minimum Gasteiger partial charge on any atom is -0.384 e. The van der Waals surface area contributed by atoms with Gasteiger partial charge in [-0.1, -0.05) is 24.2 Å². The first-order valence-corrected chi connectivity index (χ1v) is 4.31. The number of aromatic nitrogens is 1. The average Bonchev–Trinajstić information content (AvgIpc) is 2.14. The van der Waals surface area contributed by atoms with Gasteiger partial charge in [-0.3, -0.25) is 4.79 Å². The molecule has 0 unspecified atom stereocenters. The Hall–Kier alpha value is -1.55. The Bertz CT molecular complexity index is 365. The molecule has 4 nitrogen and oxygen atoms in total. The summed E-state index contributed by atoms with van der Waals surface area (Å²) in [5.41, 5.74) is 5.68. The lowest BCUT2D eigenvalue weighted by molar-refractivity contribution is 0.0953. The Balaban J connectivity index is 2.65. The van der Waals surface area contributed by atoms with Crippen LogP contribution in [0.15, 0.2) is 29.8 Å². The van der Waals surface area contributed by atoms with Gasteiger partial charge in [-0.15, -0.1) is 0 Å². The fourth-order valence-corrected chi connectivity index (χ4v) is 0.911. The number of carbonyl (C=O) groups is 1. The molecule has 0 aliphatic heterocycles. The Labute approximate surface area is 86.8 Å². The lowest BCUT2D eigenvalue weighted by Crippen LogP contribution is -2.25. The number of hydrogen-bond acceptors (Lipinski definition) is 3. The number of amides is 1. The zero-order valence-electron chi connectivity index (χ0n) is 7.46. The van der Waals surface area contributed by atoms with Crippen molar-refractivity contribution in [1.29, 1.82) is 0 Å². The van der Waals surface area contributed by atoms with Crippen molar-refractivity contribution in [3.05, 3.63) is 35.5 Å². The normalized spacial score (nSPS) is 9.50. The Morgan fingerprint density at radius 1 is 1.64 bits per heavy atom. The molecule has 3 N–H and O–H groups in total. The molecule has 0 aliphatic rings. The van der Waals surface area contributed by atoms with Gasteiger partial charge in [0.2, 0.25) is 0 Å². The van der Waals surface area contributed by atoms with E-state index in [1.165, 1.54) is 0 Å². The van der Waals surface area contributed by atoms with Crippen LogP contribution in [0.2, 0.25) is 0 Å². The van der Waals surface area contributed by atoms with Crippen LogP contribution in [-0.4, -0.2) is 17.4 Å². The van der Waals surface area contributed by atoms with E-state index in [9.17, 15) is 4.79 Å². The van der Waals surface area contributed by atoms with Crippen LogP contribution >= 0.6 is 11.6 Å². The predicted molar refractivity (Wildman–Crippen MR) is 56.0 cm³/mol. The van der Waals surface area contributed by atoms with Crippen LogP contribution in [0.25, 0.3) is 0 Å². The number of carbonyl (C=O) groups excluding carboxylic acids is 1. The van der Waals surface area contributed by atoms with Crippen molar-refractivity contribution in [2.45, 2.75) is 0 Å². The zero-order chi connectivity index (χ0) is 10.6. The van der Waals surface area contributed by atoms with Gasteiger partial charge in [-0.2, -0.15) is 0 Å². The third-order valence-corrected chi connectivity index (χ3v) is 1.58. The molecule has 0 bridgehead atoms. The van der Waals surface area contributed by atoms with Crippen LogP contribution in [0.4, 0.5) is 5.82 Å². The van der Waals surface area contributed by atoms with Gasteiger partial charge in [0.1, 0.15) is 11.5 Å². The van der Waals surface area contributed by atoms with E-state index in [0.717, 1.165) is 0 Å². The quantitative estimate of drug-likeness (QED) is 0.788. The first-order chi connectivity index (χ1) is 6.59. The minimum atomic E-state index is -0.320. The van der Waals surface area contributed by atoms with Crippen molar-refractivity contribution < 1.29 is 4.79 Å². The van der Waals surface area contributed by atoms with Crippen LogP contribution in [0, 0.1) is 0 Å². The number of hydrogen-bond donors (Lipinski definition) is 2. The predicted octanol–water partition coefficient (Wildman–Crippen LogP) is 1.15. The molecule has 0 aromatic carbocycles. The highest BCUT2D eigenvalue weighted by atomic mass is 35.5. The fourth-order valence-electron chi connectivity index (χ4n) is 0.845. The van der Waals surface area contributed by atoms with Crippen molar-refractivity contribution in [1.82, 2.24) is 10.3 Å². The van der Waals surface area contributed by atoms with Gasteiger partial charge in [0.25, 0.3) is 5.91 Å². The van der Waals surface area contributed by atoms with Crippen LogP contribution in [0.3, 0.4) is 0 Å². The van der Waals surface area contributed by atoms with Crippen molar-refractivity contribution in [3.8, 4) is 0 Å². The summed E-state index contributed by atoms with van der Waals surface area (Å²) in [7, 11) is 0. The number of anilines is 1. The van der Waals surface area contributed by atoms with E-state index in [0.29, 0.717) is 10.9 Å². The molecule has 0 fully saturated rings. The maximum absolute atomic E-state index is 11.4. The molecule has 5 heteroatoms. The zero-order valence-corrected chi connectivity index (χ0v) is 8.21. The summed E-state index contributed by atoms with van der Waals surface area (Å²) >= 11 is 5.49. The molecular formula is C9H10ClN3O. The van der Waals surface area contributed by atoms with Crippen molar-refractivity contribution in [3.63, 3.8) is 0 Å². The van der Waals surface area contributed by atoms with Gasteiger partial charge in [-0.05, 0) is 12.1 Å². The highest BCUT2D eigenvalue weighted by Gasteiger charge is 2.06. The number of rotatable bonds is 3. The fraction of sp³-hybridized carbons (Fsp3) is 0.111. The van der Waals surface area contributed by atoms with Crippen LogP contribution in [0.5, 0.6) is 0 Å². The van der Waals surface area contributed by atoms with Crippen molar-refractivity contribution in [2.75, 3.05) is 12.3 Å². The number of nitrogen functional groups attached to an aromatic ring is 1. The molecule has 1 amide bonds. The second kappa shape index (κ2) is 4.62. The molecule has 0 aliphatic carbocycles. The van der Waals surface area contributed by atoms with E-state index in [4.69, 9.17) is 17.3 Å². The third-order valence-electron chi connectivity index (χ3n) is 1.44. The van der Waals surface area contributed by atoms with Gasteiger partial charge in [0.05, 0.1) is 6.54 Å². The van der Waals surface area contributed by atoms with E-state index >= 15 is 0 Å². The average molecular weight is 212 g/mol. The molecule has 1 heterocycles. The third kappa shape index (κ3) is 3.06. The van der Waals surface area contributed by atoms with Gasteiger partial charge >= 0.3 is 0 Å². The number of pyridine rings is 1. The first kappa shape index (κ1) is 10.5. The largest absolute Gasteiger partial charge is 0.384 e. The summed E-state index contributed by atoms with van der Waals surface area (Å²) in [4.78, 5) is 15.2. The van der Waals surface area contributed by atoms with Crippen LogP contribution in [-0.2, 0) is 0 Å². The van der Waals surface area contributed by atoms with E-state index in [1.54, 1.807) is 18.2 Å².